The van der Waals surface area contributed by atoms with E-state index >= 15 is 0 Å². The summed E-state index contributed by atoms with van der Waals surface area (Å²) < 4.78 is 0. The van der Waals surface area contributed by atoms with Gasteiger partial charge in [0.2, 0.25) is 0 Å². The van der Waals surface area contributed by atoms with Crippen LogP contribution in [0.15, 0.2) is 12.4 Å². The molecule has 26 heavy (non-hydrogen) atoms. The van der Waals surface area contributed by atoms with E-state index in [4.69, 9.17) is 0 Å². The van der Waals surface area contributed by atoms with Gasteiger partial charge in [0.25, 0.3) is 5.91 Å². The number of piperidine rings is 1. The van der Waals surface area contributed by atoms with Gasteiger partial charge in [-0.3, -0.25) is 4.79 Å². The first-order valence-electron chi connectivity index (χ1n) is 9.73. The number of amides is 1. The Morgan fingerprint density at radius 1 is 1.31 bits per heavy atom. The maximum absolute atomic E-state index is 12.7. The van der Waals surface area contributed by atoms with Crippen molar-refractivity contribution < 1.29 is 4.79 Å². The van der Waals surface area contributed by atoms with Crippen LogP contribution in [0.5, 0.6) is 0 Å². The minimum Gasteiger partial charge on any atom is -0.356 e. The molecule has 1 saturated carbocycles. The predicted molar refractivity (Wildman–Crippen MR) is 95.3 cm³/mol. The highest BCUT2D eigenvalue weighted by molar-refractivity contribution is 5.93. The zero-order chi connectivity index (χ0) is 17.7. The van der Waals surface area contributed by atoms with Crippen LogP contribution >= 0.6 is 0 Å². The Morgan fingerprint density at radius 3 is 2.96 bits per heavy atom. The maximum Gasteiger partial charge on any atom is 0.270 e. The van der Waals surface area contributed by atoms with Gasteiger partial charge in [0.1, 0.15) is 17.8 Å². The summed E-state index contributed by atoms with van der Waals surface area (Å²) in [6.45, 7) is 2.05. The second-order valence-corrected chi connectivity index (χ2v) is 8.41. The SMILES string of the molecule is N#CN1[C@H]2CC[C@@H]1[C@H](NC(=O)c1cc(N3CCCC4(CC4)C3)ncn1)C2. The molecular formula is C19H24N6O. The lowest BCUT2D eigenvalue weighted by molar-refractivity contribution is 0.0923. The number of nitrogens with one attached hydrogen (secondary N) is 1. The monoisotopic (exact) mass is 352 g/mol. The van der Waals surface area contributed by atoms with Crippen molar-refractivity contribution in [3.05, 3.63) is 18.1 Å². The first kappa shape index (κ1) is 15.9. The Labute approximate surface area is 153 Å². The van der Waals surface area contributed by atoms with E-state index in [9.17, 15) is 10.1 Å². The third kappa shape index (κ3) is 2.59. The predicted octanol–water partition coefficient (Wildman–Crippen LogP) is 1.67. The molecule has 1 aliphatic carbocycles. The average Bonchev–Trinajstić information content (AvgIpc) is 3.16. The minimum absolute atomic E-state index is 0.0454. The highest BCUT2D eigenvalue weighted by atomic mass is 16.2. The number of aromatic nitrogens is 2. The summed E-state index contributed by atoms with van der Waals surface area (Å²) in [5, 5.41) is 12.4. The van der Waals surface area contributed by atoms with Crippen molar-refractivity contribution in [1.82, 2.24) is 20.2 Å². The standard InChI is InChI=1S/C19H24N6O/c20-11-25-13-2-3-16(25)14(8-13)23-18(26)15-9-17(22-12-21-15)24-7-1-4-19(10-24)5-6-19/h9,12-14,16H,1-8,10H2,(H,23,26)/t13-,14+,16+/m0/s1. The average molecular weight is 352 g/mol. The molecule has 4 aliphatic rings. The van der Waals surface area contributed by atoms with Crippen LogP contribution in [0.2, 0.25) is 0 Å². The normalized spacial score (nSPS) is 31.1. The van der Waals surface area contributed by atoms with Crippen molar-refractivity contribution in [2.75, 3.05) is 18.0 Å². The van der Waals surface area contributed by atoms with Crippen LogP contribution < -0.4 is 10.2 Å². The Balaban J connectivity index is 1.28. The lowest BCUT2D eigenvalue weighted by Crippen LogP contribution is -2.43. The van der Waals surface area contributed by atoms with E-state index in [1.807, 2.05) is 11.0 Å². The molecule has 0 aromatic carbocycles. The number of carbonyl (C=O) groups excluding carboxylic acids is 1. The quantitative estimate of drug-likeness (QED) is 0.833. The van der Waals surface area contributed by atoms with E-state index in [-0.39, 0.29) is 18.0 Å². The number of nitriles is 1. The van der Waals surface area contributed by atoms with Gasteiger partial charge in [0.05, 0.1) is 12.1 Å². The van der Waals surface area contributed by atoms with Crippen molar-refractivity contribution in [3.8, 4) is 6.19 Å². The Hall–Kier alpha value is -2.36. The Kier molecular flexibility index (Phi) is 3.56. The number of carbonyl (C=O) groups is 1. The van der Waals surface area contributed by atoms with Gasteiger partial charge >= 0.3 is 0 Å². The van der Waals surface area contributed by atoms with Crippen LogP contribution in [0.3, 0.4) is 0 Å². The largest absolute Gasteiger partial charge is 0.356 e. The molecule has 136 valence electrons. The molecule has 4 heterocycles. The summed E-state index contributed by atoms with van der Waals surface area (Å²) in [6.07, 6.45) is 11.8. The lowest BCUT2D eigenvalue weighted by Gasteiger charge is -2.33. The van der Waals surface area contributed by atoms with Gasteiger partial charge in [-0.1, -0.05) is 0 Å². The molecule has 0 radical (unpaired) electrons. The van der Waals surface area contributed by atoms with Gasteiger partial charge in [0.15, 0.2) is 6.19 Å². The van der Waals surface area contributed by atoms with Gasteiger partial charge in [-0.05, 0) is 50.4 Å². The summed E-state index contributed by atoms with van der Waals surface area (Å²) in [5.41, 5.74) is 0.937. The van der Waals surface area contributed by atoms with Crippen molar-refractivity contribution >= 4 is 11.7 Å². The number of rotatable bonds is 3. The van der Waals surface area contributed by atoms with Crippen LogP contribution in [0.1, 0.15) is 55.4 Å². The van der Waals surface area contributed by atoms with Crippen molar-refractivity contribution in [1.29, 1.82) is 5.26 Å². The molecule has 7 heteroatoms. The van der Waals surface area contributed by atoms with E-state index in [2.05, 4.69) is 26.4 Å². The second kappa shape index (κ2) is 5.83. The molecule has 3 aliphatic heterocycles. The van der Waals surface area contributed by atoms with E-state index in [1.165, 1.54) is 32.0 Å². The number of nitrogens with zero attached hydrogens (tertiary/aromatic N) is 5. The molecule has 5 rings (SSSR count). The maximum atomic E-state index is 12.7. The third-order valence-corrected chi connectivity index (χ3v) is 6.80. The third-order valence-electron chi connectivity index (χ3n) is 6.80. The number of hydrogen-bond donors (Lipinski definition) is 1. The first-order valence-corrected chi connectivity index (χ1v) is 9.73. The fraction of sp³-hybridized carbons (Fsp3) is 0.684. The molecule has 1 aromatic heterocycles. The Morgan fingerprint density at radius 2 is 2.19 bits per heavy atom. The van der Waals surface area contributed by atoms with E-state index < -0.39 is 0 Å². The van der Waals surface area contributed by atoms with Crippen LogP contribution in [-0.4, -0.2) is 52.0 Å². The van der Waals surface area contributed by atoms with Gasteiger partial charge in [0, 0.05) is 25.2 Å². The van der Waals surface area contributed by atoms with E-state index in [0.717, 1.165) is 38.2 Å². The van der Waals surface area contributed by atoms with Crippen LogP contribution in [0.4, 0.5) is 5.82 Å². The van der Waals surface area contributed by atoms with Gasteiger partial charge in [-0.15, -0.1) is 0 Å². The smallest absolute Gasteiger partial charge is 0.270 e. The molecule has 1 N–H and O–H groups in total. The van der Waals surface area contributed by atoms with Crippen molar-refractivity contribution in [3.63, 3.8) is 0 Å². The summed E-state index contributed by atoms with van der Waals surface area (Å²) in [5.74, 6) is 0.713. The topological polar surface area (TPSA) is 85.2 Å². The Bertz CT molecular complexity index is 770. The van der Waals surface area contributed by atoms with Crippen molar-refractivity contribution in [2.24, 2.45) is 5.41 Å². The lowest BCUT2D eigenvalue weighted by atomic mass is 9.95. The highest BCUT2D eigenvalue weighted by Crippen LogP contribution is 2.52. The van der Waals surface area contributed by atoms with E-state index in [1.54, 1.807) is 0 Å². The molecule has 3 saturated heterocycles. The fourth-order valence-corrected chi connectivity index (χ4v) is 5.17. The molecule has 1 amide bonds. The van der Waals surface area contributed by atoms with Gasteiger partial charge in [-0.2, -0.15) is 5.26 Å². The molecule has 0 unspecified atom stereocenters. The molecule has 4 fully saturated rings. The zero-order valence-electron chi connectivity index (χ0n) is 14.9. The minimum atomic E-state index is -0.151. The van der Waals surface area contributed by atoms with Crippen molar-refractivity contribution in [2.45, 2.75) is 63.1 Å². The van der Waals surface area contributed by atoms with Crippen LogP contribution in [0.25, 0.3) is 0 Å². The summed E-state index contributed by atoms with van der Waals surface area (Å²) >= 11 is 0. The number of fused-ring (bicyclic) bond motifs is 2. The van der Waals surface area contributed by atoms with Gasteiger partial charge < -0.3 is 15.1 Å². The second-order valence-electron chi connectivity index (χ2n) is 8.41. The molecular weight excluding hydrogens is 328 g/mol. The van der Waals surface area contributed by atoms with Crippen LogP contribution in [-0.2, 0) is 0 Å². The highest BCUT2D eigenvalue weighted by Gasteiger charge is 2.47. The van der Waals surface area contributed by atoms with Crippen LogP contribution in [0, 0.1) is 16.9 Å². The summed E-state index contributed by atoms with van der Waals surface area (Å²) in [7, 11) is 0. The molecule has 1 spiro atoms. The molecule has 3 atom stereocenters. The number of anilines is 1. The summed E-state index contributed by atoms with van der Waals surface area (Å²) in [4.78, 5) is 25.5. The van der Waals surface area contributed by atoms with E-state index in [0.29, 0.717) is 17.2 Å². The van der Waals surface area contributed by atoms with Gasteiger partial charge in [-0.25, -0.2) is 9.97 Å². The number of hydrogen-bond acceptors (Lipinski definition) is 6. The first-order chi connectivity index (χ1) is 12.7. The zero-order valence-corrected chi connectivity index (χ0v) is 14.9. The summed E-state index contributed by atoms with van der Waals surface area (Å²) in [6, 6.07) is 2.31. The fourth-order valence-electron chi connectivity index (χ4n) is 5.17. The molecule has 2 bridgehead atoms. The molecule has 1 aromatic rings. The molecule has 7 nitrogen and oxygen atoms in total.